The molecule has 1 aromatic carbocycles. The third kappa shape index (κ3) is 2.73. The van der Waals surface area contributed by atoms with E-state index in [1.165, 1.54) is 16.7 Å². The van der Waals surface area contributed by atoms with Crippen molar-refractivity contribution in [3.05, 3.63) is 58.5 Å². The number of aryl methyl sites for hydroxylation is 3. The number of furan rings is 1. The number of halogens is 1. The molecule has 0 saturated heterocycles. The molecule has 1 heterocycles. The minimum Gasteiger partial charge on any atom is -0.469 e. The molecule has 0 bridgehead atoms. The van der Waals surface area contributed by atoms with E-state index in [9.17, 15) is 0 Å². The molecule has 2 aromatic rings. The summed E-state index contributed by atoms with van der Waals surface area (Å²) in [6.07, 6.45) is 2.54. The molecule has 0 N–H and O–H groups in total. The Bertz CT molecular complexity index is 513. The van der Waals surface area contributed by atoms with E-state index in [2.05, 4.69) is 32.0 Å². The van der Waals surface area contributed by atoms with Crippen LogP contribution in [0.4, 0.5) is 0 Å². The van der Waals surface area contributed by atoms with Crippen molar-refractivity contribution in [2.45, 2.75) is 32.6 Å². The van der Waals surface area contributed by atoms with Crippen molar-refractivity contribution in [2.24, 2.45) is 0 Å². The van der Waals surface area contributed by atoms with Crippen molar-refractivity contribution in [1.82, 2.24) is 0 Å². The highest BCUT2D eigenvalue weighted by Gasteiger charge is 2.14. The molecule has 1 nitrogen and oxygen atoms in total. The van der Waals surface area contributed by atoms with Crippen LogP contribution in [0.5, 0.6) is 0 Å². The molecule has 0 aliphatic rings. The Kier molecular flexibility index (Phi) is 3.58. The smallest absolute Gasteiger partial charge is 0.105 e. The average Bonchev–Trinajstić information content (AvgIpc) is 2.70. The summed E-state index contributed by atoms with van der Waals surface area (Å²) in [7, 11) is 0. The van der Waals surface area contributed by atoms with Gasteiger partial charge in [-0.05, 0) is 44.4 Å². The van der Waals surface area contributed by atoms with Crippen molar-refractivity contribution in [2.75, 3.05) is 0 Å². The molecule has 0 amide bonds. The van der Waals surface area contributed by atoms with Gasteiger partial charge in [-0.2, -0.15) is 0 Å². The molecule has 0 saturated carbocycles. The van der Waals surface area contributed by atoms with Crippen LogP contribution >= 0.6 is 11.6 Å². The minimum atomic E-state index is -0.0192. The Hall–Kier alpha value is -1.21. The Balaban J connectivity index is 2.21. The van der Waals surface area contributed by atoms with Gasteiger partial charge in [-0.1, -0.05) is 23.8 Å². The van der Waals surface area contributed by atoms with Gasteiger partial charge in [-0.25, -0.2) is 0 Å². The van der Waals surface area contributed by atoms with Crippen molar-refractivity contribution >= 4 is 11.6 Å². The highest BCUT2D eigenvalue weighted by molar-refractivity contribution is 6.21. The maximum Gasteiger partial charge on any atom is 0.105 e. The van der Waals surface area contributed by atoms with E-state index in [0.29, 0.717) is 0 Å². The lowest BCUT2D eigenvalue weighted by molar-refractivity contribution is 0.529. The molecule has 0 spiro atoms. The highest BCUT2D eigenvalue weighted by Crippen LogP contribution is 2.29. The lowest BCUT2D eigenvalue weighted by Crippen LogP contribution is -1.98. The minimum absolute atomic E-state index is 0.0192. The van der Waals surface area contributed by atoms with Crippen molar-refractivity contribution < 1.29 is 4.42 Å². The van der Waals surface area contributed by atoms with E-state index < -0.39 is 0 Å². The summed E-state index contributed by atoms with van der Waals surface area (Å²) in [5.41, 5.74) is 4.97. The monoisotopic (exact) mass is 248 g/mol. The fourth-order valence-corrected chi connectivity index (χ4v) is 2.44. The summed E-state index contributed by atoms with van der Waals surface area (Å²) in [5, 5.41) is -0.0192. The van der Waals surface area contributed by atoms with Gasteiger partial charge < -0.3 is 4.42 Å². The zero-order chi connectivity index (χ0) is 12.4. The van der Waals surface area contributed by atoms with Crippen LogP contribution in [0.2, 0.25) is 0 Å². The molecule has 17 heavy (non-hydrogen) atoms. The first-order valence-electron chi connectivity index (χ1n) is 5.82. The van der Waals surface area contributed by atoms with Crippen LogP contribution in [0.3, 0.4) is 0 Å². The fourth-order valence-electron chi connectivity index (χ4n) is 2.04. The van der Waals surface area contributed by atoms with Crippen molar-refractivity contribution in [3.63, 3.8) is 0 Å². The second-order valence-electron chi connectivity index (χ2n) is 4.53. The molecule has 0 fully saturated rings. The topological polar surface area (TPSA) is 13.1 Å². The van der Waals surface area contributed by atoms with E-state index in [4.69, 9.17) is 16.0 Å². The molecule has 0 aliphatic heterocycles. The van der Waals surface area contributed by atoms with E-state index in [-0.39, 0.29) is 5.38 Å². The van der Waals surface area contributed by atoms with Crippen LogP contribution in [-0.4, -0.2) is 0 Å². The van der Waals surface area contributed by atoms with Crippen LogP contribution in [0, 0.1) is 20.8 Å². The quantitative estimate of drug-likeness (QED) is 0.716. The first-order chi connectivity index (χ1) is 8.08. The standard InChI is InChI=1S/C15H17ClO/c1-10-4-5-11(2)13(8-10)9-15(16)14-6-7-17-12(14)3/h4-8,15H,9H2,1-3H3. The molecule has 0 aliphatic carbocycles. The summed E-state index contributed by atoms with van der Waals surface area (Å²) in [5.74, 6) is 0.912. The second-order valence-corrected chi connectivity index (χ2v) is 5.06. The van der Waals surface area contributed by atoms with Gasteiger partial charge in [-0.15, -0.1) is 11.6 Å². The number of alkyl halides is 1. The van der Waals surface area contributed by atoms with Crippen LogP contribution < -0.4 is 0 Å². The number of hydrogen-bond donors (Lipinski definition) is 0. The van der Waals surface area contributed by atoms with Gasteiger partial charge in [0.15, 0.2) is 0 Å². The zero-order valence-corrected chi connectivity index (χ0v) is 11.2. The molecule has 0 radical (unpaired) electrons. The third-order valence-electron chi connectivity index (χ3n) is 3.14. The van der Waals surface area contributed by atoms with E-state index >= 15 is 0 Å². The maximum atomic E-state index is 6.45. The van der Waals surface area contributed by atoms with E-state index in [0.717, 1.165) is 17.7 Å². The highest BCUT2D eigenvalue weighted by atomic mass is 35.5. The van der Waals surface area contributed by atoms with Gasteiger partial charge >= 0.3 is 0 Å². The van der Waals surface area contributed by atoms with Gasteiger partial charge in [-0.3, -0.25) is 0 Å². The Morgan fingerprint density at radius 2 is 1.94 bits per heavy atom. The molecule has 1 aromatic heterocycles. The molecular weight excluding hydrogens is 232 g/mol. The largest absolute Gasteiger partial charge is 0.469 e. The average molecular weight is 249 g/mol. The first kappa shape index (κ1) is 12.3. The predicted molar refractivity (Wildman–Crippen MR) is 71.7 cm³/mol. The lowest BCUT2D eigenvalue weighted by atomic mass is 9.99. The normalized spacial score (nSPS) is 12.7. The second kappa shape index (κ2) is 4.97. The van der Waals surface area contributed by atoms with Crippen LogP contribution in [0.25, 0.3) is 0 Å². The Morgan fingerprint density at radius 1 is 1.18 bits per heavy atom. The third-order valence-corrected chi connectivity index (χ3v) is 3.53. The summed E-state index contributed by atoms with van der Waals surface area (Å²) in [6.45, 7) is 6.18. The Labute approximate surface area is 107 Å². The molecule has 2 rings (SSSR count). The van der Waals surface area contributed by atoms with Gasteiger partial charge in [0.1, 0.15) is 5.76 Å². The molecule has 2 heteroatoms. The van der Waals surface area contributed by atoms with E-state index in [1.807, 2.05) is 13.0 Å². The van der Waals surface area contributed by atoms with Gasteiger partial charge in [0.2, 0.25) is 0 Å². The molecular formula is C15H17ClO. The first-order valence-corrected chi connectivity index (χ1v) is 6.25. The van der Waals surface area contributed by atoms with E-state index in [1.54, 1.807) is 6.26 Å². The summed E-state index contributed by atoms with van der Waals surface area (Å²) >= 11 is 6.45. The Morgan fingerprint density at radius 3 is 2.59 bits per heavy atom. The van der Waals surface area contributed by atoms with Crippen LogP contribution in [0.15, 0.2) is 34.9 Å². The van der Waals surface area contributed by atoms with Gasteiger partial charge in [0.25, 0.3) is 0 Å². The van der Waals surface area contributed by atoms with Crippen molar-refractivity contribution in [1.29, 1.82) is 0 Å². The fraction of sp³-hybridized carbons (Fsp3) is 0.333. The predicted octanol–water partition coefficient (Wildman–Crippen LogP) is 4.73. The van der Waals surface area contributed by atoms with Gasteiger partial charge in [0.05, 0.1) is 11.6 Å². The van der Waals surface area contributed by atoms with Gasteiger partial charge in [0, 0.05) is 5.56 Å². The summed E-state index contributed by atoms with van der Waals surface area (Å²) in [6, 6.07) is 8.44. The lowest BCUT2D eigenvalue weighted by Gasteiger charge is -2.11. The summed E-state index contributed by atoms with van der Waals surface area (Å²) in [4.78, 5) is 0. The number of rotatable bonds is 3. The maximum absolute atomic E-state index is 6.45. The van der Waals surface area contributed by atoms with Crippen LogP contribution in [0.1, 0.15) is 33.4 Å². The molecule has 90 valence electrons. The zero-order valence-electron chi connectivity index (χ0n) is 10.5. The van der Waals surface area contributed by atoms with Crippen molar-refractivity contribution in [3.8, 4) is 0 Å². The number of hydrogen-bond acceptors (Lipinski definition) is 1. The number of benzene rings is 1. The summed E-state index contributed by atoms with van der Waals surface area (Å²) < 4.78 is 5.29. The SMILES string of the molecule is Cc1ccc(C)c(CC(Cl)c2ccoc2C)c1. The molecule has 1 unspecified atom stereocenters. The van der Waals surface area contributed by atoms with Crippen LogP contribution in [-0.2, 0) is 6.42 Å². The molecule has 1 atom stereocenters.